The Kier molecular flexibility index (Phi) is 7.43. The van der Waals surface area contributed by atoms with Gasteiger partial charge in [0, 0.05) is 29.8 Å². The van der Waals surface area contributed by atoms with E-state index < -0.39 is 38.8 Å². The molecule has 0 radical (unpaired) electrons. The third-order valence-electron chi connectivity index (χ3n) is 7.87. The van der Waals surface area contributed by atoms with Crippen LogP contribution in [0.5, 0.6) is 11.5 Å². The fourth-order valence-electron chi connectivity index (χ4n) is 6.05. The molecule has 0 spiro atoms. The first-order valence-corrected chi connectivity index (χ1v) is 15.9. The highest BCUT2D eigenvalue weighted by Gasteiger charge is 2.48. The number of para-hydroxylation sites is 1. The summed E-state index contributed by atoms with van der Waals surface area (Å²) in [6, 6.07) is 12.9. The number of fused-ring (bicyclic) bond motifs is 1. The van der Waals surface area contributed by atoms with E-state index in [9.17, 15) is 22.7 Å². The van der Waals surface area contributed by atoms with Gasteiger partial charge in [0.25, 0.3) is 5.91 Å². The number of aryl methyl sites for hydroxylation is 2. The van der Waals surface area contributed by atoms with Crippen molar-refractivity contribution < 1.29 is 36.3 Å². The fraction of sp³-hybridized carbons (Fsp3) is 0.273. The summed E-state index contributed by atoms with van der Waals surface area (Å²) in [6.45, 7) is 6.55. The van der Waals surface area contributed by atoms with Crippen LogP contribution in [0.4, 0.5) is 20.2 Å². The number of sulfone groups is 1. The first kappa shape index (κ1) is 30.3. The molecule has 0 fully saturated rings. The second kappa shape index (κ2) is 11.0. The molecule has 1 unspecified atom stereocenters. The Morgan fingerprint density at radius 1 is 1.11 bits per heavy atom. The van der Waals surface area contributed by atoms with E-state index in [-0.39, 0.29) is 80.7 Å². The third kappa shape index (κ3) is 5.54. The van der Waals surface area contributed by atoms with Gasteiger partial charge >= 0.3 is 0 Å². The molecule has 0 aliphatic carbocycles. The van der Waals surface area contributed by atoms with E-state index in [2.05, 4.69) is 10.3 Å². The van der Waals surface area contributed by atoms with Crippen LogP contribution in [-0.4, -0.2) is 30.2 Å². The highest BCUT2D eigenvalue weighted by molar-refractivity contribution is 7.95. The normalized spacial score (nSPS) is 18.4. The third-order valence-corrected chi connectivity index (χ3v) is 10.2. The summed E-state index contributed by atoms with van der Waals surface area (Å²) in [5.74, 6) is -2.09. The van der Waals surface area contributed by atoms with Gasteiger partial charge in [-0.05, 0) is 49.1 Å². The molecule has 3 heterocycles. The minimum Gasteiger partial charge on any atom is -0.506 e. The van der Waals surface area contributed by atoms with Crippen molar-refractivity contribution in [2.24, 2.45) is 5.41 Å². The van der Waals surface area contributed by atoms with Crippen molar-refractivity contribution in [3.63, 3.8) is 0 Å². The zero-order valence-electron chi connectivity index (χ0n) is 25.0. The Labute approximate surface area is 259 Å². The lowest BCUT2D eigenvalue weighted by molar-refractivity contribution is 0.0974. The van der Waals surface area contributed by atoms with Crippen molar-refractivity contribution in [2.75, 3.05) is 16.0 Å². The highest BCUT2D eigenvalue weighted by Crippen LogP contribution is 2.52. The van der Waals surface area contributed by atoms with Gasteiger partial charge in [-0.25, -0.2) is 22.2 Å². The maximum Gasteiger partial charge on any atom is 0.281 e. The van der Waals surface area contributed by atoms with Gasteiger partial charge in [-0.2, -0.15) is 0 Å². The number of phenols is 1. The van der Waals surface area contributed by atoms with Gasteiger partial charge in [0.05, 0.1) is 16.3 Å². The summed E-state index contributed by atoms with van der Waals surface area (Å²) in [7, 11) is -4.12. The molecule has 1 amide bonds. The second-order valence-electron chi connectivity index (χ2n) is 12.0. The van der Waals surface area contributed by atoms with E-state index in [1.54, 1.807) is 45.9 Å². The van der Waals surface area contributed by atoms with Gasteiger partial charge in [-0.3, -0.25) is 9.69 Å². The lowest BCUT2D eigenvalue weighted by atomic mass is 9.88. The summed E-state index contributed by atoms with van der Waals surface area (Å²) in [5.41, 5.74) is -0.205. The zero-order chi connectivity index (χ0) is 32.3. The average molecular weight is 636 g/mol. The quantitative estimate of drug-likeness (QED) is 0.232. The van der Waals surface area contributed by atoms with Crippen LogP contribution in [0.25, 0.3) is 0 Å². The van der Waals surface area contributed by atoms with Crippen molar-refractivity contribution in [1.82, 2.24) is 4.98 Å². The number of carbonyl (C=O) groups excluding carboxylic acids is 1. The van der Waals surface area contributed by atoms with E-state index in [0.29, 0.717) is 0 Å². The van der Waals surface area contributed by atoms with Crippen LogP contribution >= 0.6 is 0 Å². The number of aromatic hydroxyl groups is 1. The van der Waals surface area contributed by atoms with E-state index in [0.717, 1.165) is 11.0 Å². The van der Waals surface area contributed by atoms with E-state index in [1.807, 2.05) is 0 Å². The average Bonchev–Trinajstić information content (AvgIpc) is 3.21. The van der Waals surface area contributed by atoms with Gasteiger partial charge in [0.1, 0.15) is 47.2 Å². The molecule has 9 nitrogen and oxygen atoms in total. The van der Waals surface area contributed by atoms with Crippen LogP contribution in [0, 0.1) is 30.9 Å². The van der Waals surface area contributed by atoms with Crippen molar-refractivity contribution >= 4 is 27.1 Å². The summed E-state index contributed by atoms with van der Waals surface area (Å²) < 4.78 is 69.9. The van der Waals surface area contributed by atoms with Crippen LogP contribution < -0.4 is 15.0 Å². The molecule has 0 saturated heterocycles. The van der Waals surface area contributed by atoms with Crippen LogP contribution in [0.1, 0.15) is 59.6 Å². The molecule has 2 aliphatic heterocycles. The fourth-order valence-corrected chi connectivity index (χ4v) is 8.40. The predicted molar refractivity (Wildman–Crippen MR) is 164 cm³/mol. The van der Waals surface area contributed by atoms with Gasteiger partial charge in [-0.1, -0.05) is 38.1 Å². The van der Waals surface area contributed by atoms with Gasteiger partial charge < -0.3 is 19.6 Å². The minimum atomic E-state index is -4.12. The SMILES string of the molecule is Cc1nc(C(=O)N2c3cccc(O)c3NC3=C(C2c2ccc(OCc4ccccc4F)cc2F)S(=O)(=O)CC(C)(C)C3)c(C)o1. The van der Waals surface area contributed by atoms with E-state index >= 15 is 4.39 Å². The number of benzene rings is 3. The number of halogens is 2. The Morgan fingerprint density at radius 3 is 2.56 bits per heavy atom. The first-order chi connectivity index (χ1) is 21.3. The largest absolute Gasteiger partial charge is 0.506 e. The van der Waals surface area contributed by atoms with Crippen LogP contribution in [0.15, 0.2) is 75.7 Å². The molecule has 4 aromatic rings. The van der Waals surface area contributed by atoms with Crippen LogP contribution in [0.3, 0.4) is 0 Å². The number of phenolic OH excluding ortho intramolecular Hbond substituents is 1. The number of rotatable bonds is 5. The predicted octanol–water partition coefficient (Wildman–Crippen LogP) is 6.72. The number of allylic oxidation sites excluding steroid dienone is 1. The molecular formula is C33H31F2N3O6S. The van der Waals surface area contributed by atoms with Gasteiger partial charge in [0.2, 0.25) is 0 Å². The number of amides is 1. The van der Waals surface area contributed by atoms with Crippen LogP contribution in [-0.2, 0) is 16.4 Å². The lowest BCUT2D eigenvalue weighted by Gasteiger charge is -2.37. The molecule has 3 aromatic carbocycles. The summed E-state index contributed by atoms with van der Waals surface area (Å²) in [5, 5.41) is 14.1. The molecule has 0 bridgehead atoms. The molecule has 234 valence electrons. The van der Waals surface area contributed by atoms with Crippen molar-refractivity contribution in [1.29, 1.82) is 0 Å². The standard InChI is InChI=1S/C33H31F2N3O6S/c1-18-28(36-19(2)44-18)32(40)38-26-10-7-11-27(39)29(26)37-25-15-33(3,4)17-45(41,42)31(25)30(38)22-13-12-21(14-24(22)35)43-16-20-8-5-6-9-23(20)34/h5-14,30,37,39H,15-17H2,1-4H3. The maximum atomic E-state index is 16.3. The Balaban J connectivity index is 1.56. The Bertz CT molecular complexity index is 1990. The molecular weight excluding hydrogens is 604 g/mol. The molecule has 1 aromatic heterocycles. The number of hydrogen-bond donors (Lipinski definition) is 2. The topological polar surface area (TPSA) is 122 Å². The van der Waals surface area contributed by atoms with E-state index in [4.69, 9.17) is 9.15 Å². The van der Waals surface area contributed by atoms with Crippen molar-refractivity contribution in [3.8, 4) is 11.5 Å². The number of carbonyl (C=O) groups is 1. The number of nitrogens with zero attached hydrogens (tertiary/aromatic N) is 2. The number of hydrogen-bond acceptors (Lipinski definition) is 8. The number of nitrogens with one attached hydrogen (secondary N) is 1. The van der Waals surface area contributed by atoms with E-state index in [1.165, 1.54) is 36.4 Å². The number of ether oxygens (including phenoxy) is 1. The van der Waals surface area contributed by atoms with Crippen molar-refractivity contribution in [3.05, 3.63) is 111 Å². The summed E-state index contributed by atoms with van der Waals surface area (Å²) in [4.78, 5) is 19.6. The summed E-state index contributed by atoms with van der Waals surface area (Å²) in [6.07, 6.45) is 0.238. The van der Waals surface area contributed by atoms with Gasteiger partial charge in [0.15, 0.2) is 21.4 Å². The molecule has 6 rings (SSSR count). The highest BCUT2D eigenvalue weighted by atomic mass is 32.2. The molecule has 45 heavy (non-hydrogen) atoms. The first-order valence-electron chi connectivity index (χ1n) is 14.2. The minimum absolute atomic E-state index is 0.0759. The van der Waals surface area contributed by atoms with Gasteiger partial charge in [-0.15, -0.1) is 0 Å². The lowest BCUT2D eigenvalue weighted by Crippen LogP contribution is -2.41. The Morgan fingerprint density at radius 2 is 1.87 bits per heavy atom. The number of aromatic nitrogens is 1. The molecule has 12 heteroatoms. The van der Waals surface area contributed by atoms with Crippen LogP contribution in [0.2, 0.25) is 0 Å². The molecule has 0 saturated carbocycles. The smallest absolute Gasteiger partial charge is 0.281 e. The molecule has 2 N–H and O–H groups in total. The zero-order valence-corrected chi connectivity index (χ0v) is 25.8. The second-order valence-corrected chi connectivity index (χ2v) is 14.0. The number of oxazole rings is 1. The molecule has 2 aliphatic rings. The monoisotopic (exact) mass is 635 g/mol. The Hall–Kier alpha value is -4.71. The maximum absolute atomic E-state index is 16.3. The van der Waals surface area contributed by atoms with Crippen molar-refractivity contribution in [2.45, 2.75) is 46.8 Å². The summed E-state index contributed by atoms with van der Waals surface area (Å²) >= 11 is 0. The molecule has 1 atom stereocenters. The number of anilines is 2.